The number of hydrogen-bond acceptors (Lipinski definition) is 3. The molecule has 0 unspecified atom stereocenters. The van der Waals surface area contributed by atoms with Crippen molar-refractivity contribution < 1.29 is 9.15 Å². The van der Waals surface area contributed by atoms with Gasteiger partial charge in [-0.1, -0.05) is 30.3 Å². The summed E-state index contributed by atoms with van der Waals surface area (Å²) in [7, 11) is 0. The SMILES string of the molecule is Cc1ccccc1OCc1cc2ccc(CN)cc2o1. The minimum atomic E-state index is 0.428. The summed E-state index contributed by atoms with van der Waals surface area (Å²) in [4.78, 5) is 0. The van der Waals surface area contributed by atoms with Crippen molar-refractivity contribution in [3.05, 3.63) is 65.4 Å². The van der Waals surface area contributed by atoms with Crippen molar-refractivity contribution in [3.8, 4) is 5.75 Å². The molecule has 0 aliphatic carbocycles. The molecule has 0 amide bonds. The van der Waals surface area contributed by atoms with Crippen LogP contribution in [0.2, 0.25) is 0 Å². The smallest absolute Gasteiger partial charge is 0.146 e. The van der Waals surface area contributed by atoms with Gasteiger partial charge in [-0.25, -0.2) is 0 Å². The molecule has 102 valence electrons. The Kier molecular flexibility index (Phi) is 3.44. The van der Waals surface area contributed by atoms with E-state index in [-0.39, 0.29) is 0 Å². The number of rotatable bonds is 4. The van der Waals surface area contributed by atoms with E-state index in [9.17, 15) is 0 Å². The van der Waals surface area contributed by atoms with Crippen LogP contribution in [0.5, 0.6) is 5.75 Å². The van der Waals surface area contributed by atoms with Gasteiger partial charge in [-0.3, -0.25) is 0 Å². The second kappa shape index (κ2) is 5.39. The van der Waals surface area contributed by atoms with E-state index in [2.05, 4.69) is 0 Å². The van der Waals surface area contributed by atoms with Gasteiger partial charge in [0.15, 0.2) is 0 Å². The first kappa shape index (κ1) is 12.8. The summed E-state index contributed by atoms with van der Waals surface area (Å²) in [5, 5.41) is 1.07. The molecule has 0 aliphatic heterocycles. The molecule has 0 bridgehead atoms. The monoisotopic (exact) mass is 267 g/mol. The van der Waals surface area contributed by atoms with Crippen molar-refractivity contribution in [2.24, 2.45) is 5.73 Å². The van der Waals surface area contributed by atoms with E-state index >= 15 is 0 Å². The Balaban J connectivity index is 1.79. The Bertz CT molecular complexity index is 731. The summed E-state index contributed by atoms with van der Waals surface area (Å²) in [6.07, 6.45) is 0. The van der Waals surface area contributed by atoms with Crippen molar-refractivity contribution >= 4 is 11.0 Å². The van der Waals surface area contributed by atoms with Crippen LogP contribution in [0.25, 0.3) is 11.0 Å². The van der Waals surface area contributed by atoms with E-state index in [0.29, 0.717) is 13.2 Å². The molecule has 1 aromatic heterocycles. The molecule has 3 rings (SSSR count). The van der Waals surface area contributed by atoms with E-state index in [4.69, 9.17) is 14.9 Å². The normalized spacial score (nSPS) is 10.9. The van der Waals surface area contributed by atoms with Crippen molar-refractivity contribution in [2.45, 2.75) is 20.1 Å². The number of ether oxygens (including phenoxy) is 1. The molecule has 2 aromatic carbocycles. The molecule has 20 heavy (non-hydrogen) atoms. The van der Waals surface area contributed by atoms with Crippen LogP contribution in [0.4, 0.5) is 0 Å². The summed E-state index contributed by atoms with van der Waals surface area (Å²) in [5.41, 5.74) is 8.68. The maximum absolute atomic E-state index is 5.79. The predicted molar refractivity (Wildman–Crippen MR) is 79.6 cm³/mol. The minimum absolute atomic E-state index is 0.428. The Morgan fingerprint density at radius 1 is 1.10 bits per heavy atom. The summed E-state index contributed by atoms with van der Waals surface area (Å²) in [6.45, 7) is 2.98. The highest BCUT2D eigenvalue weighted by molar-refractivity contribution is 5.78. The molecule has 0 spiro atoms. The molecule has 0 saturated heterocycles. The maximum Gasteiger partial charge on any atom is 0.146 e. The van der Waals surface area contributed by atoms with Gasteiger partial charge in [0.2, 0.25) is 0 Å². The predicted octanol–water partition coefficient (Wildman–Crippen LogP) is 3.78. The number of para-hydroxylation sites is 1. The molecule has 3 aromatic rings. The third-order valence-corrected chi connectivity index (χ3v) is 3.33. The zero-order chi connectivity index (χ0) is 13.9. The highest BCUT2D eigenvalue weighted by Crippen LogP contribution is 2.23. The first-order chi connectivity index (χ1) is 9.76. The van der Waals surface area contributed by atoms with Gasteiger partial charge in [-0.05, 0) is 36.2 Å². The largest absolute Gasteiger partial charge is 0.485 e. The van der Waals surface area contributed by atoms with Crippen LogP contribution >= 0.6 is 0 Å². The second-order valence-corrected chi connectivity index (χ2v) is 4.84. The van der Waals surface area contributed by atoms with E-state index in [0.717, 1.165) is 33.6 Å². The highest BCUT2D eigenvalue weighted by atomic mass is 16.5. The zero-order valence-corrected chi connectivity index (χ0v) is 11.4. The van der Waals surface area contributed by atoms with Gasteiger partial charge in [-0.15, -0.1) is 0 Å². The third kappa shape index (κ3) is 2.53. The van der Waals surface area contributed by atoms with Crippen molar-refractivity contribution in [1.29, 1.82) is 0 Å². The van der Waals surface area contributed by atoms with Gasteiger partial charge < -0.3 is 14.9 Å². The van der Waals surface area contributed by atoms with Gasteiger partial charge in [0.1, 0.15) is 23.7 Å². The number of nitrogens with two attached hydrogens (primary N) is 1. The van der Waals surface area contributed by atoms with E-state index in [1.165, 1.54) is 0 Å². The number of furan rings is 1. The Hall–Kier alpha value is -2.26. The topological polar surface area (TPSA) is 48.4 Å². The van der Waals surface area contributed by atoms with Gasteiger partial charge in [0.05, 0.1) is 0 Å². The molecular formula is C17H17NO2. The lowest BCUT2D eigenvalue weighted by Gasteiger charge is -2.06. The average Bonchev–Trinajstić information content (AvgIpc) is 2.88. The lowest BCUT2D eigenvalue weighted by atomic mass is 10.2. The summed E-state index contributed by atoms with van der Waals surface area (Å²) in [5.74, 6) is 1.70. The molecule has 3 heteroatoms. The third-order valence-electron chi connectivity index (χ3n) is 3.33. The van der Waals surface area contributed by atoms with Crippen LogP contribution in [0.15, 0.2) is 52.9 Å². The fourth-order valence-electron chi connectivity index (χ4n) is 2.20. The van der Waals surface area contributed by atoms with Crippen molar-refractivity contribution in [2.75, 3.05) is 0 Å². The molecule has 0 radical (unpaired) electrons. The van der Waals surface area contributed by atoms with Gasteiger partial charge >= 0.3 is 0 Å². The van der Waals surface area contributed by atoms with Gasteiger partial charge in [0.25, 0.3) is 0 Å². The van der Waals surface area contributed by atoms with Crippen LogP contribution < -0.4 is 10.5 Å². The number of fused-ring (bicyclic) bond motifs is 1. The van der Waals surface area contributed by atoms with Crippen LogP contribution in [0.1, 0.15) is 16.9 Å². The standard InChI is InChI=1S/C17H17NO2/c1-12-4-2-3-5-16(12)19-11-15-9-14-7-6-13(10-18)8-17(14)20-15/h2-9H,10-11,18H2,1H3. The number of aryl methyl sites for hydroxylation is 1. The zero-order valence-electron chi connectivity index (χ0n) is 11.4. The first-order valence-corrected chi connectivity index (χ1v) is 6.66. The Labute approximate surface area is 118 Å². The highest BCUT2D eigenvalue weighted by Gasteiger charge is 2.06. The molecule has 0 atom stereocenters. The first-order valence-electron chi connectivity index (χ1n) is 6.66. The summed E-state index contributed by atoms with van der Waals surface area (Å²) < 4.78 is 11.6. The lowest BCUT2D eigenvalue weighted by molar-refractivity contribution is 0.273. The minimum Gasteiger partial charge on any atom is -0.485 e. The number of benzene rings is 2. The Morgan fingerprint density at radius 3 is 2.75 bits per heavy atom. The van der Waals surface area contributed by atoms with Crippen LogP contribution in [-0.4, -0.2) is 0 Å². The fourth-order valence-corrected chi connectivity index (χ4v) is 2.20. The molecule has 2 N–H and O–H groups in total. The maximum atomic E-state index is 5.79. The van der Waals surface area contributed by atoms with Crippen molar-refractivity contribution in [1.82, 2.24) is 0 Å². The molecule has 0 saturated carbocycles. The number of hydrogen-bond donors (Lipinski definition) is 1. The van der Waals surface area contributed by atoms with E-state index in [1.807, 2.05) is 55.5 Å². The van der Waals surface area contributed by atoms with Gasteiger partial charge in [0, 0.05) is 11.9 Å². The quantitative estimate of drug-likeness (QED) is 0.782. The fraction of sp³-hybridized carbons (Fsp3) is 0.176. The van der Waals surface area contributed by atoms with Gasteiger partial charge in [-0.2, -0.15) is 0 Å². The van der Waals surface area contributed by atoms with Crippen LogP contribution in [-0.2, 0) is 13.2 Å². The van der Waals surface area contributed by atoms with Crippen LogP contribution in [0.3, 0.4) is 0 Å². The second-order valence-electron chi connectivity index (χ2n) is 4.84. The molecule has 3 nitrogen and oxygen atoms in total. The molecular weight excluding hydrogens is 250 g/mol. The lowest BCUT2D eigenvalue weighted by Crippen LogP contribution is -1.95. The summed E-state index contributed by atoms with van der Waals surface area (Å²) >= 11 is 0. The van der Waals surface area contributed by atoms with Crippen LogP contribution in [0, 0.1) is 6.92 Å². The van der Waals surface area contributed by atoms with Crippen molar-refractivity contribution in [3.63, 3.8) is 0 Å². The average molecular weight is 267 g/mol. The molecule has 0 aliphatic rings. The van der Waals surface area contributed by atoms with E-state index < -0.39 is 0 Å². The Morgan fingerprint density at radius 2 is 1.95 bits per heavy atom. The van der Waals surface area contributed by atoms with E-state index in [1.54, 1.807) is 0 Å². The molecule has 1 heterocycles. The molecule has 0 fully saturated rings. The summed E-state index contributed by atoms with van der Waals surface area (Å²) in [6, 6.07) is 16.0.